The Kier molecular flexibility index (Phi) is 6.17. The average Bonchev–Trinajstić information content (AvgIpc) is 3.26. The fourth-order valence-corrected chi connectivity index (χ4v) is 5.70. The number of carbonyl (C=O) groups excluding carboxylic acids is 1. The number of rotatable bonds is 6. The van der Waals surface area contributed by atoms with Crippen molar-refractivity contribution in [3.63, 3.8) is 0 Å². The van der Waals surface area contributed by atoms with Gasteiger partial charge in [0.25, 0.3) is 0 Å². The average molecular weight is 461 g/mol. The molecule has 3 aromatic rings. The third-order valence-corrected chi connectivity index (χ3v) is 7.33. The van der Waals surface area contributed by atoms with Crippen LogP contribution in [-0.2, 0) is 14.8 Å². The number of hydrogen-bond acceptors (Lipinski definition) is 8. The molecule has 1 atom stereocenters. The number of aromatic nitrogens is 3. The van der Waals surface area contributed by atoms with Crippen molar-refractivity contribution >= 4 is 44.5 Å². The first kappa shape index (κ1) is 21.6. The Bertz CT molecular complexity index is 1160. The quantitative estimate of drug-likeness (QED) is 0.597. The van der Waals surface area contributed by atoms with E-state index in [0.29, 0.717) is 37.2 Å². The molecule has 11 heteroatoms. The molecule has 0 saturated carbocycles. The van der Waals surface area contributed by atoms with Crippen LogP contribution in [0.25, 0.3) is 11.0 Å². The number of sulfonamides is 1. The highest BCUT2D eigenvalue weighted by atomic mass is 32.2. The molecule has 1 aliphatic heterocycles. The summed E-state index contributed by atoms with van der Waals surface area (Å²) in [5.74, 6) is 0.437. The number of anilines is 1. The van der Waals surface area contributed by atoms with Gasteiger partial charge in [-0.05, 0) is 30.2 Å². The second kappa shape index (κ2) is 8.85. The Balaban J connectivity index is 1.49. The fourth-order valence-electron chi connectivity index (χ4n) is 3.59. The zero-order valence-electron chi connectivity index (χ0n) is 17.3. The van der Waals surface area contributed by atoms with Gasteiger partial charge in [-0.25, -0.2) is 13.4 Å². The molecular weight excluding hydrogens is 436 g/mol. The van der Waals surface area contributed by atoms with Crippen LogP contribution < -0.4 is 9.62 Å². The smallest absolute Gasteiger partial charge is 0.243 e. The van der Waals surface area contributed by atoms with Gasteiger partial charge >= 0.3 is 0 Å². The summed E-state index contributed by atoms with van der Waals surface area (Å²) < 4.78 is 37.1. The summed E-state index contributed by atoms with van der Waals surface area (Å²) >= 11 is 0.959. The van der Waals surface area contributed by atoms with E-state index in [4.69, 9.17) is 0 Å². The third kappa shape index (κ3) is 4.53. The van der Waals surface area contributed by atoms with Crippen LogP contribution in [0, 0.1) is 5.92 Å². The molecule has 1 fully saturated rings. The Morgan fingerprint density at radius 2 is 1.84 bits per heavy atom. The van der Waals surface area contributed by atoms with Crippen molar-refractivity contribution in [1.29, 1.82) is 0 Å². The minimum Gasteiger partial charge on any atom is -0.353 e. The lowest BCUT2D eigenvalue weighted by atomic mass is 10.0. The van der Waals surface area contributed by atoms with Gasteiger partial charge in [0.1, 0.15) is 27.8 Å². The maximum atomic E-state index is 13.2. The van der Waals surface area contributed by atoms with Crippen LogP contribution in [0.15, 0.2) is 47.5 Å². The van der Waals surface area contributed by atoms with E-state index in [1.54, 1.807) is 23.2 Å². The molecule has 1 aromatic carbocycles. The predicted molar refractivity (Wildman–Crippen MR) is 119 cm³/mol. The van der Waals surface area contributed by atoms with Gasteiger partial charge in [0.15, 0.2) is 0 Å². The van der Waals surface area contributed by atoms with Crippen LogP contribution in [0.4, 0.5) is 5.82 Å². The normalized spacial score (nSPS) is 16.1. The van der Waals surface area contributed by atoms with Gasteiger partial charge in [-0.2, -0.15) is 13.5 Å². The second-order valence-corrected chi connectivity index (χ2v) is 9.94. The number of fused-ring (bicyclic) bond motifs is 1. The molecule has 0 aliphatic carbocycles. The highest BCUT2D eigenvalue weighted by Crippen LogP contribution is 2.22. The molecule has 0 spiro atoms. The molecular formula is C20H24N6O3S2. The van der Waals surface area contributed by atoms with Crippen LogP contribution in [0.3, 0.4) is 0 Å². The molecule has 0 radical (unpaired) electrons. The van der Waals surface area contributed by atoms with Crippen molar-refractivity contribution in [3.05, 3.63) is 42.6 Å². The number of benzene rings is 1. The molecule has 0 bridgehead atoms. The van der Waals surface area contributed by atoms with Crippen molar-refractivity contribution in [1.82, 2.24) is 23.4 Å². The summed E-state index contributed by atoms with van der Waals surface area (Å²) in [4.78, 5) is 21.5. The van der Waals surface area contributed by atoms with E-state index in [-0.39, 0.29) is 16.7 Å². The molecule has 3 heterocycles. The number of piperazine rings is 1. The molecule has 164 valence electrons. The van der Waals surface area contributed by atoms with Crippen LogP contribution in [0.5, 0.6) is 0 Å². The topological polar surface area (TPSA) is 108 Å². The lowest BCUT2D eigenvalue weighted by molar-refractivity contribution is -0.134. The number of hydrogen-bond donors (Lipinski definition) is 1. The number of amides is 1. The Labute approximate surface area is 185 Å². The first-order chi connectivity index (χ1) is 14.9. The number of carbonyl (C=O) groups is 1. The van der Waals surface area contributed by atoms with Crippen LogP contribution in [-0.4, -0.2) is 65.2 Å². The summed E-state index contributed by atoms with van der Waals surface area (Å²) in [6, 6.07) is 9.70. The fraction of sp³-hybridized carbons (Fsp3) is 0.400. The molecule has 1 amide bonds. The monoisotopic (exact) mass is 460 g/mol. The van der Waals surface area contributed by atoms with E-state index >= 15 is 0 Å². The van der Waals surface area contributed by atoms with Crippen molar-refractivity contribution < 1.29 is 13.2 Å². The molecule has 0 unspecified atom stereocenters. The van der Waals surface area contributed by atoms with E-state index in [1.165, 1.54) is 6.07 Å². The van der Waals surface area contributed by atoms with Crippen LogP contribution in [0.2, 0.25) is 0 Å². The molecule has 9 nitrogen and oxygen atoms in total. The Morgan fingerprint density at radius 1 is 1.06 bits per heavy atom. The van der Waals surface area contributed by atoms with Crippen LogP contribution in [0.1, 0.15) is 13.8 Å². The number of pyridine rings is 1. The van der Waals surface area contributed by atoms with Gasteiger partial charge in [0, 0.05) is 32.4 Å². The number of nitrogens with zero attached hydrogens (tertiary/aromatic N) is 5. The standard InChI is InChI=1S/C20H24N6O3S2/c1-14(2)18(24-31(28,29)16-7-5-6-15-19(16)23-30-22-15)20(27)26-12-10-25(11-13-26)17-8-3-4-9-21-17/h3-9,14,18,24H,10-13H2,1-2H3/t18-/m0/s1. The largest absolute Gasteiger partial charge is 0.353 e. The number of nitrogens with one attached hydrogen (secondary N) is 1. The molecule has 2 aromatic heterocycles. The van der Waals surface area contributed by atoms with E-state index in [1.807, 2.05) is 32.0 Å². The van der Waals surface area contributed by atoms with Gasteiger partial charge in [-0.15, -0.1) is 0 Å². The van der Waals surface area contributed by atoms with Gasteiger partial charge < -0.3 is 9.80 Å². The summed E-state index contributed by atoms with van der Waals surface area (Å²) in [7, 11) is -3.95. The van der Waals surface area contributed by atoms with Gasteiger partial charge in [0.05, 0.1) is 11.7 Å². The van der Waals surface area contributed by atoms with Crippen molar-refractivity contribution in [2.24, 2.45) is 5.92 Å². The molecule has 1 N–H and O–H groups in total. The first-order valence-corrected chi connectivity index (χ1v) is 12.3. The van der Waals surface area contributed by atoms with Crippen molar-refractivity contribution in [2.75, 3.05) is 31.1 Å². The van der Waals surface area contributed by atoms with Crippen LogP contribution >= 0.6 is 11.7 Å². The Hall–Kier alpha value is -2.63. The summed E-state index contributed by atoms with van der Waals surface area (Å²) in [5.41, 5.74) is 0.838. The van der Waals surface area contributed by atoms with Crippen molar-refractivity contribution in [2.45, 2.75) is 24.8 Å². The lowest BCUT2D eigenvalue weighted by Crippen LogP contribution is -2.56. The summed E-state index contributed by atoms with van der Waals surface area (Å²) in [5, 5.41) is 0. The van der Waals surface area contributed by atoms with Gasteiger partial charge in [-0.3, -0.25) is 4.79 Å². The van der Waals surface area contributed by atoms with E-state index in [0.717, 1.165) is 17.5 Å². The minimum atomic E-state index is -3.95. The predicted octanol–water partition coefficient (Wildman–Crippen LogP) is 1.74. The summed E-state index contributed by atoms with van der Waals surface area (Å²) in [6.45, 7) is 5.96. The SMILES string of the molecule is CC(C)[C@H](NS(=O)(=O)c1cccc2nsnc12)C(=O)N1CCN(c2ccccn2)CC1. The minimum absolute atomic E-state index is 0.0390. The first-order valence-electron chi connectivity index (χ1n) is 10.1. The van der Waals surface area contributed by atoms with Gasteiger partial charge in [0.2, 0.25) is 15.9 Å². The molecule has 4 rings (SSSR count). The van der Waals surface area contributed by atoms with E-state index < -0.39 is 16.1 Å². The molecule has 1 aliphatic rings. The molecule has 31 heavy (non-hydrogen) atoms. The third-order valence-electron chi connectivity index (χ3n) is 5.32. The lowest BCUT2D eigenvalue weighted by Gasteiger charge is -2.37. The molecule has 1 saturated heterocycles. The zero-order chi connectivity index (χ0) is 22.0. The van der Waals surface area contributed by atoms with E-state index in [9.17, 15) is 13.2 Å². The second-order valence-electron chi connectivity index (χ2n) is 7.73. The Morgan fingerprint density at radius 3 is 2.52 bits per heavy atom. The maximum Gasteiger partial charge on any atom is 0.243 e. The zero-order valence-corrected chi connectivity index (χ0v) is 18.9. The highest BCUT2D eigenvalue weighted by molar-refractivity contribution is 7.89. The summed E-state index contributed by atoms with van der Waals surface area (Å²) in [6.07, 6.45) is 1.74. The highest BCUT2D eigenvalue weighted by Gasteiger charge is 2.34. The van der Waals surface area contributed by atoms with Crippen molar-refractivity contribution in [3.8, 4) is 0 Å². The van der Waals surface area contributed by atoms with E-state index in [2.05, 4.69) is 23.4 Å². The maximum absolute atomic E-state index is 13.2. The van der Waals surface area contributed by atoms with Gasteiger partial charge in [-0.1, -0.05) is 26.0 Å².